The van der Waals surface area contributed by atoms with Crippen LogP contribution in [0.4, 0.5) is 0 Å². The third-order valence-corrected chi connectivity index (χ3v) is 11.8. The normalized spacial score (nSPS) is 20.8. The van der Waals surface area contributed by atoms with Gasteiger partial charge in [0.25, 0.3) is 0 Å². The maximum atomic E-state index is 12.8. The lowest BCUT2D eigenvalue weighted by atomic mass is 9.89. The Bertz CT molecular complexity index is 1400. The molecule has 0 heterocycles. The van der Waals surface area contributed by atoms with Crippen LogP contribution in [0.3, 0.4) is 0 Å². The van der Waals surface area contributed by atoms with Crippen molar-refractivity contribution < 1.29 is 39.9 Å². The predicted molar refractivity (Wildman–Crippen MR) is 220 cm³/mol. The Morgan fingerprint density at radius 3 is 2.25 bits per heavy atom. The molecule has 0 aromatic heterocycles. The van der Waals surface area contributed by atoms with Crippen molar-refractivity contribution in [3.8, 4) is 17.2 Å². The van der Waals surface area contributed by atoms with E-state index in [1.54, 1.807) is 18.2 Å². The van der Waals surface area contributed by atoms with Crippen molar-refractivity contribution in [1.82, 2.24) is 0 Å². The van der Waals surface area contributed by atoms with E-state index in [1.165, 1.54) is 0 Å². The number of aliphatic hydroxyl groups excluding tert-OH is 3. The van der Waals surface area contributed by atoms with E-state index in [0.29, 0.717) is 50.7 Å². The number of carbonyl (C=O) groups is 2. The van der Waals surface area contributed by atoms with Crippen LogP contribution in [-0.2, 0) is 16.0 Å². The van der Waals surface area contributed by atoms with E-state index in [-0.39, 0.29) is 42.6 Å². The molecule has 8 nitrogen and oxygen atoms in total. The lowest BCUT2D eigenvalue weighted by Gasteiger charge is -2.19. The largest absolute Gasteiger partial charge is 0.506 e. The van der Waals surface area contributed by atoms with Gasteiger partial charge in [0, 0.05) is 25.2 Å². The fraction of sp³-hybridized carbons (Fsp3) is 0.500. The summed E-state index contributed by atoms with van der Waals surface area (Å²) < 4.78 is 9.12. The summed E-state index contributed by atoms with van der Waals surface area (Å²) in [6.07, 6.45) is 12.2. The van der Waals surface area contributed by atoms with Crippen LogP contribution in [0, 0.1) is 32.0 Å². The van der Waals surface area contributed by atoms with Crippen LogP contribution in [0.2, 0.25) is 0 Å². The van der Waals surface area contributed by atoms with Crippen LogP contribution < -0.4 is 4.74 Å². The Balaban J connectivity index is 1.48. The zero-order chi connectivity index (χ0) is 35.4. The van der Waals surface area contributed by atoms with Crippen molar-refractivity contribution in [3.63, 3.8) is 0 Å². The van der Waals surface area contributed by atoms with Gasteiger partial charge < -0.3 is 30.3 Å². The molecule has 5 N–H and O–H groups in total. The van der Waals surface area contributed by atoms with Gasteiger partial charge in [-0.25, -0.2) is 0 Å². The quantitative estimate of drug-likeness (QED) is 0.0534. The summed E-state index contributed by atoms with van der Waals surface area (Å²) in [7, 11) is 0. The fourth-order valence-corrected chi connectivity index (χ4v) is 9.73. The third-order valence-electron chi connectivity index (χ3n) is 8.55. The van der Waals surface area contributed by atoms with Gasteiger partial charge in [0.15, 0.2) is 5.75 Å². The molecule has 0 aliphatic heterocycles. The molecule has 1 unspecified atom stereocenters. The predicted octanol–water partition coefficient (Wildman–Crippen LogP) is 8.78. The minimum Gasteiger partial charge on any atom is -0.506 e. The number of allylic oxidation sites excluding steroid dienone is 2. The molecule has 2 aromatic carbocycles. The minimum absolute atomic E-state index is 0.0424. The van der Waals surface area contributed by atoms with Gasteiger partial charge in [-0.15, -0.1) is 0 Å². The monoisotopic (exact) mass is 1110 g/mol. The van der Waals surface area contributed by atoms with E-state index in [4.69, 9.17) is 4.74 Å². The second-order valence-electron chi connectivity index (χ2n) is 12.4. The molecule has 3 rings (SSSR count). The zero-order valence-electron chi connectivity index (χ0n) is 26.8. The first-order valence-corrected chi connectivity index (χ1v) is 20.6. The Labute approximate surface area is 337 Å². The number of phenolic OH excluding ortho intramolecular Hbond substituents is 1. The standard InChI is InChI=1S/C36H44I4O8/c1-2-3-6-9-23(41)12-13-27-26(32(43)20-33(27)44)11-8-5-4-7-10-24(42)17-22(36(46)47)14-21-15-30(39)35(31(40)16-21)48-25-18-28(37)34(45)29(38)19-25/h5,8,12-13,15-16,18-19,22-23,26-27,32-33,41,43-45H,2-4,6-7,9-11,14,17,20H2,1H3,(H,46,47)/b8-5-,13-12+/t22?,23-,26+,27+,32-,33+/m0/s1. The van der Waals surface area contributed by atoms with E-state index in [2.05, 4.69) is 97.3 Å². The molecule has 48 heavy (non-hydrogen) atoms. The van der Waals surface area contributed by atoms with Crippen LogP contribution in [0.1, 0.15) is 76.7 Å². The molecule has 1 aliphatic carbocycles. The highest BCUT2D eigenvalue weighted by molar-refractivity contribution is 14.1. The highest BCUT2D eigenvalue weighted by Gasteiger charge is 2.39. The van der Waals surface area contributed by atoms with Crippen molar-refractivity contribution in [2.45, 2.75) is 95.9 Å². The first-order chi connectivity index (χ1) is 22.8. The number of aliphatic hydroxyl groups is 3. The molecule has 1 saturated carbocycles. The molecule has 1 fully saturated rings. The highest BCUT2D eigenvalue weighted by atomic mass is 127. The molecule has 0 radical (unpaired) electrons. The number of hydrogen-bond acceptors (Lipinski definition) is 7. The number of phenols is 1. The molecule has 0 bridgehead atoms. The summed E-state index contributed by atoms with van der Waals surface area (Å²) in [4.78, 5) is 24.9. The lowest BCUT2D eigenvalue weighted by molar-refractivity contribution is -0.143. The summed E-state index contributed by atoms with van der Waals surface area (Å²) in [6, 6.07) is 7.28. The van der Waals surface area contributed by atoms with Gasteiger partial charge in [0.2, 0.25) is 0 Å². The van der Waals surface area contributed by atoms with Gasteiger partial charge in [0.05, 0.1) is 38.5 Å². The number of benzene rings is 2. The Morgan fingerprint density at radius 2 is 1.62 bits per heavy atom. The maximum Gasteiger partial charge on any atom is 0.307 e. The molecule has 1 aliphatic rings. The van der Waals surface area contributed by atoms with Gasteiger partial charge >= 0.3 is 5.97 Å². The molecule has 12 heteroatoms. The van der Waals surface area contributed by atoms with Crippen molar-refractivity contribution in [2.24, 2.45) is 17.8 Å². The maximum absolute atomic E-state index is 12.8. The number of aliphatic carboxylic acids is 1. The van der Waals surface area contributed by atoms with E-state index < -0.39 is 30.2 Å². The number of carboxylic acid groups (broad SMARTS) is 1. The number of unbranched alkanes of at least 4 members (excludes halogenated alkanes) is 3. The highest BCUT2D eigenvalue weighted by Crippen LogP contribution is 2.38. The van der Waals surface area contributed by atoms with Gasteiger partial charge in [-0.1, -0.05) is 50.5 Å². The average molecular weight is 1110 g/mol. The molecule has 0 saturated heterocycles. The molecular weight excluding hydrogens is 1070 g/mol. The SMILES string of the molecule is CCCCC[C@H](O)/C=C/[C@@H]1[C@@H](C/C=C\CCCC(=O)CC(Cc2cc(I)c(Oc3cc(I)c(O)c(I)c3)c(I)c2)C(=O)O)[C@@H](O)C[C@H]1O. The number of ketones is 1. The fourth-order valence-electron chi connectivity index (χ4n) is 5.91. The second kappa shape index (κ2) is 21.1. The van der Waals surface area contributed by atoms with Crippen molar-refractivity contribution in [1.29, 1.82) is 0 Å². The van der Waals surface area contributed by atoms with Crippen LogP contribution in [-0.4, -0.2) is 55.6 Å². The number of halogens is 4. The molecular formula is C36H44I4O8. The molecule has 0 amide bonds. The van der Waals surface area contributed by atoms with Crippen molar-refractivity contribution >= 4 is 102 Å². The Kier molecular flexibility index (Phi) is 18.4. The van der Waals surface area contributed by atoms with Gasteiger partial charge in [-0.2, -0.15) is 0 Å². The van der Waals surface area contributed by atoms with Crippen LogP contribution in [0.5, 0.6) is 17.2 Å². The topological polar surface area (TPSA) is 145 Å². The van der Waals surface area contributed by atoms with E-state index in [9.17, 15) is 35.1 Å². The first kappa shape index (κ1) is 41.9. The summed E-state index contributed by atoms with van der Waals surface area (Å²) in [5.74, 6) is -0.835. The summed E-state index contributed by atoms with van der Waals surface area (Å²) in [6.45, 7) is 2.12. The molecule has 2 aromatic rings. The smallest absolute Gasteiger partial charge is 0.307 e. The second-order valence-corrected chi connectivity index (χ2v) is 17.0. The van der Waals surface area contributed by atoms with Crippen molar-refractivity contribution in [2.75, 3.05) is 0 Å². The number of Topliss-reactive ketones (excluding diaryl/α,β-unsaturated/α-hetero) is 1. The minimum atomic E-state index is -1.00. The first-order valence-electron chi connectivity index (χ1n) is 16.3. The van der Waals surface area contributed by atoms with Crippen LogP contribution >= 0.6 is 90.4 Å². The van der Waals surface area contributed by atoms with Gasteiger partial charge in [0.1, 0.15) is 17.3 Å². The summed E-state index contributed by atoms with van der Waals surface area (Å²) in [5.41, 5.74) is 0.813. The average Bonchev–Trinajstić information content (AvgIpc) is 3.29. The summed E-state index contributed by atoms with van der Waals surface area (Å²) in [5, 5.41) is 51.2. The van der Waals surface area contributed by atoms with Gasteiger partial charge in [-0.3, -0.25) is 9.59 Å². The number of carbonyl (C=O) groups excluding carboxylic acids is 1. The van der Waals surface area contributed by atoms with Crippen molar-refractivity contribution in [3.05, 3.63) is 68.4 Å². The zero-order valence-corrected chi connectivity index (χ0v) is 35.5. The number of rotatable bonds is 19. The van der Waals surface area contributed by atoms with E-state index in [0.717, 1.165) is 32.0 Å². The summed E-state index contributed by atoms with van der Waals surface area (Å²) >= 11 is 8.43. The number of carboxylic acids is 1. The molecule has 264 valence electrons. The number of ether oxygens (including phenoxy) is 1. The Hall–Kier alpha value is -0.540. The van der Waals surface area contributed by atoms with E-state index in [1.807, 2.05) is 30.4 Å². The van der Waals surface area contributed by atoms with Crippen LogP contribution in [0.25, 0.3) is 0 Å². The molecule has 6 atom stereocenters. The number of aromatic hydroxyl groups is 1. The van der Waals surface area contributed by atoms with E-state index >= 15 is 0 Å². The lowest BCUT2D eigenvalue weighted by Crippen LogP contribution is -2.20. The van der Waals surface area contributed by atoms with Gasteiger partial charge in [-0.05, 0) is 158 Å². The third kappa shape index (κ3) is 13.2. The Morgan fingerprint density at radius 1 is 0.958 bits per heavy atom. The van der Waals surface area contributed by atoms with Crippen LogP contribution in [0.15, 0.2) is 48.6 Å². The molecule has 0 spiro atoms. The number of hydrogen-bond donors (Lipinski definition) is 5.